The molecule has 2 aromatic carbocycles. The normalized spacial score (nSPS) is 14.8. The van der Waals surface area contributed by atoms with Crippen LogP contribution in [0.2, 0.25) is 39.3 Å². The number of carbonyl (C=O) groups excluding carboxylic acids is 4. The highest BCUT2D eigenvalue weighted by atomic mass is 28.3. The zero-order valence-electron chi connectivity index (χ0n) is 32.0. The van der Waals surface area contributed by atoms with Crippen LogP contribution in [0.5, 0.6) is 0 Å². The van der Waals surface area contributed by atoms with E-state index in [-0.39, 0.29) is 36.7 Å². The molecule has 0 radical (unpaired) electrons. The smallest absolute Gasteiger partial charge is 0.261 e. The Kier molecular flexibility index (Phi) is 15.9. The third kappa shape index (κ3) is 12.8. The highest BCUT2D eigenvalue weighted by Gasteiger charge is 2.36. The fraction of sp³-hybridized carbons (Fsp3) is 0.579. The Bertz CT molecular complexity index is 1330. The van der Waals surface area contributed by atoms with Gasteiger partial charge < -0.3 is 18.9 Å². The number of rotatable bonds is 25. The van der Waals surface area contributed by atoms with Crippen LogP contribution in [-0.4, -0.2) is 164 Å². The van der Waals surface area contributed by atoms with Gasteiger partial charge in [0.1, 0.15) is 0 Å². The lowest BCUT2D eigenvalue weighted by Gasteiger charge is -2.29. The summed E-state index contributed by atoms with van der Waals surface area (Å²) in [5, 5.41) is 0. The SMILES string of the molecule is C[Si](C)(C)COCCOCCN(CCN(CCOCCOC[Si](C)(C)C)CCN1C(=O)c2ccccc2C1=O)CCN1C(=O)c2ccccc2C1=O. The number of hydrogen-bond donors (Lipinski definition) is 0. The molecule has 2 heterocycles. The van der Waals surface area contributed by atoms with Gasteiger partial charge in [-0.15, -0.1) is 0 Å². The number of carbonyl (C=O) groups is 4. The highest BCUT2D eigenvalue weighted by molar-refractivity contribution is 6.76. The quantitative estimate of drug-likeness (QED) is 0.0837. The number of nitrogens with zero attached hydrogens (tertiary/aromatic N) is 4. The average molecular weight is 755 g/mol. The van der Waals surface area contributed by atoms with E-state index in [9.17, 15) is 19.2 Å². The second-order valence-electron chi connectivity index (χ2n) is 15.7. The number of hydrogen-bond acceptors (Lipinski definition) is 10. The summed E-state index contributed by atoms with van der Waals surface area (Å²) in [5.74, 6) is -1.09. The van der Waals surface area contributed by atoms with Gasteiger partial charge in [-0.3, -0.25) is 38.8 Å². The largest absolute Gasteiger partial charge is 0.382 e. The predicted molar refractivity (Wildman–Crippen MR) is 206 cm³/mol. The zero-order valence-corrected chi connectivity index (χ0v) is 34.0. The van der Waals surface area contributed by atoms with Crippen LogP contribution in [0.25, 0.3) is 0 Å². The maximum absolute atomic E-state index is 13.1. The molecule has 0 unspecified atom stereocenters. The fourth-order valence-electron chi connectivity index (χ4n) is 5.90. The van der Waals surface area contributed by atoms with Gasteiger partial charge in [0, 0.05) is 64.8 Å². The molecule has 2 aliphatic heterocycles. The summed E-state index contributed by atoms with van der Waals surface area (Å²) >= 11 is 0. The molecule has 2 aliphatic rings. The van der Waals surface area contributed by atoms with Gasteiger partial charge in [-0.05, 0) is 24.3 Å². The lowest BCUT2D eigenvalue weighted by atomic mass is 10.1. The first kappa shape index (κ1) is 41.7. The van der Waals surface area contributed by atoms with Crippen LogP contribution in [0.3, 0.4) is 0 Å². The van der Waals surface area contributed by atoms with E-state index >= 15 is 0 Å². The van der Waals surface area contributed by atoms with Crippen molar-refractivity contribution < 1.29 is 38.1 Å². The van der Waals surface area contributed by atoms with Crippen LogP contribution in [0, 0.1) is 0 Å². The molecule has 0 N–H and O–H groups in total. The second-order valence-corrected chi connectivity index (χ2v) is 26.6. The van der Waals surface area contributed by atoms with Gasteiger partial charge in [-0.1, -0.05) is 63.5 Å². The van der Waals surface area contributed by atoms with Crippen molar-refractivity contribution in [1.82, 2.24) is 19.6 Å². The van der Waals surface area contributed by atoms with Crippen LogP contribution in [0.4, 0.5) is 0 Å². The maximum Gasteiger partial charge on any atom is 0.261 e. The van der Waals surface area contributed by atoms with Crippen LogP contribution >= 0.6 is 0 Å². The van der Waals surface area contributed by atoms with E-state index in [2.05, 4.69) is 49.1 Å². The van der Waals surface area contributed by atoms with Gasteiger partial charge in [0.15, 0.2) is 0 Å². The first-order valence-electron chi connectivity index (χ1n) is 18.4. The molecule has 0 saturated heterocycles. The molecule has 286 valence electrons. The molecule has 0 fully saturated rings. The van der Waals surface area contributed by atoms with Crippen molar-refractivity contribution in [3.8, 4) is 0 Å². The molecule has 12 nitrogen and oxygen atoms in total. The third-order valence-corrected chi connectivity index (χ3v) is 10.8. The first-order chi connectivity index (χ1) is 24.7. The average Bonchev–Trinajstić information content (AvgIpc) is 3.49. The molecule has 52 heavy (non-hydrogen) atoms. The topological polar surface area (TPSA) is 118 Å². The molecule has 4 rings (SSSR count). The first-order valence-corrected chi connectivity index (χ1v) is 25.8. The number of ether oxygens (including phenoxy) is 4. The van der Waals surface area contributed by atoms with Gasteiger partial charge in [0.05, 0.1) is 78.0 Å². The van der Waals surface area contributed by atoms with Gasteiger partial charge >= 0.3 is 0 Å². The summed E-state index contributed by atoms with van der Waals surface area (Å²) in [7, 11) is -2.59. The van der Waals surface area contributed by atoms with Crippen molar-refractivity contribution in [2.24, 2.45) is 0 Å². The number of fused-ring (bicyclic) bond motifs is 2. The minimum atomic E-state index is -1.29. The Morgan fingerprint density at radius 2 is 0.750 bits per heavy atom. The minimum absolute atomic E-state index is 0.251. The zero-order chi connectivity index (χ0) is 37.7. The molecule has 0 bridgehead atoms. The van der Waals surface area contributed by atoms with Crippen molar-refractivity contribution in [3.63, 3.8) is 0 Å². The fourth-order valence-corrected chi connectivity index (χ4v) is 7.42. The van der Waals surface area contributed by atoms with Gasteiger partial charge in [0.25, 0.3) is 23.6 Å². The molecule has 0 aliphatic carbocycles. The van der Waals surface area contributed by atoms with Gasteiger partial charge in [-0.2, -0.15) is 0 Å². The van der Waals surface area contributed by atoms with E-state index in [0.717, 1.165) is 12.5 Å². The molecule has 0 saturated carbocycles. The monoisotopic (exact) mass is 754 g/mol. The van der Waals surface area contributed by atoms with E-state index < -0.39 is 16.1 Å². The summed E-state index contributed by atoms with van der Waals surface area (Å²) in [6.07, 6.45) is 1.57. The standard InChI is InChI=1S/C38H58N4O8Si2/c1-51(2,3)29-49-27-25-47-23-21-39(17-19-41-35(43)31-11-7-8-12-32(31)36(41)44)15-16-40(22-24-48-26-28-50-30-52(4,5)6)18-20-42-37(45)33-13-9-10-14-34(33)38(42)46/h7-14H,15-30H2,1-6H3. The third-order valence-electron chi connectivity index (χ3n) is 8.69. The summed E-state index contributed by atoms with van der Waals surface area (Å²) in [5.41, 5.74) is 1.74. The van der Waals surface area contributed by atoms with Crippen molar-refractivity contribution in [3.05, 3.63) is 70.8 Å². The summed E-state index contributed by atoms with van der Waals surface area (Å²) in [4.78, 5) is 59.4. The second kappa shape index (κ2) is 19.8. The Hall–Kier alpha value is -3.09. The molecule has 0 aromatic heterocycles. The molecule has 4 amide bonds. The van der Waals surface area contributed by atoms with Crippen molar-refractivity contribution in [2.45, 2.75) is 39.3 Å². The number of benzene rings is 2. The molecular weight excluding hydrogens is 697 g/mol. The Balaban J connectivity index is 1.35. The summed E-state index contributed by atoms with van der Waals surface area (Å²) in [6, 6.07) is 13.8. The molecule has 14 heteroatoms. The Morgan fingerprint density at radius 3 is 1.06 bits per heavy atom. The number of amides is 4. The number of imide groups is 2. The maximum atomic E-state index is 13.1. The predicted octanol–water partition coefficient (Wildman–Crippen LogP) is 4.00. The molecule has 0 atom stereocenters. The highest BCUT2D eigenvalue weighted by Crippen LogP contribution is 2.23. The Labute approximate surface area is 311 Å². The summed E-state index contributed by atoms with van der Waals surface area (Å²) in [6.45, 7) is 20.4. The molecule has 0 spiro atoms. The lowest BCUT2D eigenvalue weighted by Crippen LogP contribution is -2.45. The van der Waals surface area contributed by atoms with Crippen molar-refractivity contribution in [2.75, 3.05) is 104 Å². The lowest BCUT2D eigenvalue weighted by molar-refractivity contribution is 0.0389. The molecular formula is C38H58N4O8Si2. The van der Waals surface area contributed by atoms with E-state index in [0.29, 0.717) is 101 Å². The van der Waals surface area contributed by atoms with Gasteiger partial charge in [0.2, 0.25) is 0 Å². The Morgan fingerprint density at radius 1 is 0.442 bits per heavy atom. The van der Waals surface area contributed by atoms with Crippen LogP contribution < -0.4 is 0 Å². The van der Waals surface area contributed by atoms with Crippen molar-refractivity contribution >= 4 is 39.8 Å². The van der Waals surface area contributed by atoms with Crippen molar-refractivity contribution in [1.29, 1.82) is 0 Å². The van der Waals surface area contributed by atoms with Crippen LogP contribution in [-0.2, 0) is 18.9 Å². The van der Waals surface area contributed by atoms with E-state index in [1.165, 1.54) is 9.80 Å². The van der Waals surface area contributed by atoms with E-state index in [1.807, 2.05) is 0 Å². The van der Waals surface area contributed by atoms with Gasteiger partial charge in [-0.25, -0.2) is 0 Å². The van der Waals surface area contributed by atoms with Crippen LogP contribution in [0.1, 0.15) is 41.4 Å². The molecule has 2 aromatic rings. The van der Waals surface area contributed by atoms with E-state index in [1.54, 1.807) is 48.5 Å². The van der Waals surface area contributed by atoms with E-state index in [4.69, 9.17) is 18.9 Å². The minimum Gasteiger partial charge on any atom is -0.382 e. The summed E-state index contributed by atoms with van der Waals surface area (Å²) < 4.78 is 23.5. The van der Waals surface area contributed by atoms with Crippen LogP contribution in [0.15, 0.2) is 48.5 Å².